The molecule has 1 heterocycles. The first-order valence-corrected chi connectivity index (χ1v) is 13.2. The average molecular weight is 454 g/mol. The van der Waals surface area contributed by atoms with Crippen LogP contribution in [0.25, 0.3) is 0 Å². The zero-order valence-electron chi connectivity index (χ0n) is 18.4. The van der Waals surface area contributed by atoms with Crippen molar-refractivity contribution < 1.29 is 13.2 Å². The Morgan fingerprint density at radius 1 is 0.906 bits per heavy atom. The number of carbonyl (C=O) groups is 1. The molecule has 2 aromatic carbocycles. The Morgan fingerprint density at radius 3 is 2.50 bits per heavy atom. The zero-order chi connectivity index (χ0) is 22.1. The molecule has 2 aliphatic carbocycles. The van der Waals surface area contributed by atoms with E-state index < -0.39 is 10.0 Å². The van der Waals surface area contributed by atoms with Gasteiger partial charge in [0.1, 0.15) is 0 Å². The molecule has 1 atom stereocenters. The Kier molecular flexibility index (Phi) is 6.05. The van der Waals surface area contributed by atoms with Gasteiger partial charge < -0.3 is 5.32 Å². The molecule has 0 unspecified atom stereocenters. The summed E-state index contributed by atoms with van der Waals surface area (Å²) < 4.78 is 27.8. The number of carbonyl (C=O) groups excluding carboxylic acids is 1. The molecule has 5 rings (SSSR count). The summed E-state index contributed by atoms with van der Waals surface area (Å²) in [5, 5.41) is 3.20. The summed E-state index contributed by atoms with van der Waals surface area (Å²) in [5.41, 5.74) is 5.01. The number of nitrogens with zero attached hydrogens (tertiary/aromatic N) is 2. The first kappa shape index (κ1) is 21.6. The zero-order valence-corrected chi connectivity index (χ0v) is 19.2. The molecule has 170 valence electrons. The summed E-state index contributed by atoms with van der Waals surface area (Å²) in [7, 11) is -3.49. The SMILES string of the molecule is O=C(CN1CCN(S(=O)(=O)c2ccc3c(c2)CCC3)CC1)N[C@H]1CCCc2ccccc21. The van der Waals surface area contributed by atoms with E-state index in [2.05, 4.69) is 28.4 Å². The molecule has 6 nitrogen and oxygen atoms in total. The maximum absolute atomic E-state index is 13.1. The fraction of sp³-hybridized carbons (Fsp3) is 0.480. The number of nitrogens with one attached hydrogen (secondary N) is 1. The van der Waals surface area contributed by atoms with E-state index in [9.17, 15) is 13.2 Å². The monoisotopic (exact) mass is 453 g/mol. The van der Waals surface area contributed by atoms with Crippen LogP contribution in [-0.2, 0) is 34.1 Å². The van der Waals surface area contributed by atoms with E-state index >= 15 is 0 Å². The Bertz CT molecular complexity index is 1110. The largest absolute Gasteiger partial charge is 0.348 e. The van der Waals surface area contributed by atoms with Gasteiger partial charge in [-0.05, 0) is 72.9 Å². The van der Waals surface area contributed by atoms with Crippen molar-refractivity contribution in [1.29, 1.82) is 0 Å². The van der Waals surface area contributed by atoms with Crippen LogP contribution in [0.15, 0.2) is 47.4 Å². The van der Waals surface area contributed by atoms with Crippen molar-refractivity contribution in [3.63, 3.8) is 0 Å². The van der Waals surface area contributed by atoms with E-state index in [4.69, 9.17) is 0 Å². The number of hydrogen-bond donors (Lipinski definition) is 1. The molecule has 0 radical (unpaired) electrons. The molecule has 2 aromatic rings. The molecular weight excluding hydrogens is 422 g/mol. The van der Waals surface area contributed by atoms with Gasteiger partial charge in [0.2, 0.25) is 15.9 Å². The second kappa shape index (κ2) is 8.96. The molecule has 0 aromatic heterocycles. The normalized spacial score (nSPS) is 21.7. The quantitative estimate of drug-likeness (QED) is 0.756. The standard InChI is InChI=1S/C25H31N3O3S/c29-25(26-24-10-4-7-20-5-1-2-9-23(20)24)18-27-13-15-28(16-14-27)32(30,31)22-12-11-19-6-3-8-21(19)17-22/h1-2,5,9,11-12,17,24H,3-4,6-8,10,13-16,18H2,(H,26,29)/t24-/m0/s1. The van der Waals surface area contributed by atoms with E-state index in [-0.39, 0.29) is 11.9 Å². The molecule has 7 heteroatoms. The molecule has 1 N–H and O–H groups in total. The third-order valence-electron chi connectivity index (χ3n) is 7.11. The predicted molar refractivity (Wildman–Crippen MR) is 124 cm³/mol. The van der Waals surface area contributed by atoms with E-state index in [1.165, 1.54) is 22.3 Å². The number of sulfonamides is 1. The average Bonchev–Trinajstić information content (AvgIpc) is 3.28. The summed E-state index contributed by atoms with van der Waals surface area (Å²) in [6.07, 6.45) is 6.24. The van der Waals surface area contributed by atoms with Crippen LogP contribution >= 0.6 is 0 Å². The van der Waals surface area contributed by atoms with Crippen LogP contribution in [0, 0.1) is 0 Å². The van der Waals surface area contributed by atoms with Crippen molar-refractivity contribution in [1.82, 2.24) is 14.5 Å². The van der Waals surface area contributed by atoms with E-state index in [1.54, 1.807) is 10.4 Å². The van der Waals surface area contributed by atoms with Gasteiger partial charge in [-0.25, -0.2) is 8.42 Å². The highest BCUT2D eigenvalue weighted by atomic mass is 32.2. The fourth-order valence-corrected chi connectivity index (χ4v) is 6.81. The number of hydrogen-bond acceptors (Lipinski definition) is 4. The fourth-order valence-electron chi connectivity index (χ4n) is 5.33. The van der Waals surface area contributed by atoms with Gasteiger partial charge in [0, 0.05) is 26.2 Å². The molecule has 1 fully saturated rings. The van der Waals surface area contributed by atoms with Gasteiger partial charge >= 0.3 is 0 Å². The molecule has 3 aliphatic rings. The Morgan fingerprint density at radius 2 is 1.66 bits per heavy atom. The highest BCUT2D eigenvalue weighted by Crippen LogP contribution is 2.29. The number of rotatable bonds is 5. The van der Waals surface area contributed by atoms with Crippen molar-refractivity contribution in [2.45, 2.75) is 49.5 Å². The summed E-state index contributed by atoms with van der Waals surface area (Å²) in [4.78, 5) is 15.2. The molecular formula is C25H31N3O3S. The molecule has 0 spiro atoms. The lowest BCUT2D eigenvalue weighted by Crippen LogP contribution is -2.51. The molecule has 32 heavy (non-hydrogen) atoms. The number of amides is 1. The Labute approximate surface area is 190 Å². The topological polar surface area (TPSA) is 69.7 Å². The number of piperazine rings is 1. The number of benzene rings is 2. The van der Waals surface area contributed by atoms with E-state index in [1.807, 2.05) is 18.2 Å². The molecule has 1 amide bonds. The van der Waals surface area contributed by atoms with Gasteiger partial charge in [-0.15, -0.1) is 0 Å². The van der Waals surface area contributed by atoms with Crippen LogP contribution in [-0.4, -0.2) is 56.3 Å². The first-order valence-electron chi connectivity index (χ1n) is 11.7. The van der Waals surface area contributed by atoms with Crippen molar-refractivity contribution in [3.05, 3.63) is 64.7 Å². The van der Waals surface area contributed by atoms with Crippen LogP contribution in [0.2, 0.25) is 0 Å². The van der Waals surface area contributed by atoms with Crippen LogP contribution in [0.3, 0.4) is 0 Å². The third kappa shape index (κ3) is 4.34. The highest BCUT2D eigenvalue weighted by molar-refractivity contribution is 7.89. The Balaban J connectivity index is 1.16. The summed E-state index contributed by atoms with van der Waals surface area (Å²) in [5.74, 6) is 0.0154. The van der Waals surface area contributed by atoms with Crippen LogP contribution in [0.1, 0.15) is 47.6 Å². The van der Waals surface area contributed by atoms with Crippen molar-refractivity contribution in [3.8, 4) is 0 Å². The minimum Gasteiger partial charge on any atom is -0.348 e. The summed E-state index contributed by atoms with van der Waals surface area (Å²) in [6, 6.07) is 14.0. The van der Waals surface area contributed by atoms with Crippen LogP contribution in [0.4, 0.5) is 0 Å². The van der Waals surface area contributed by atoms with E-state index in [0.29, 0.717) is 37.6 Å². The minimum atomic E-state index is -3.49. The van der Waals surface area contributed by atoms with Crippen molar-refractivity contribution in [2.75, 3.05) is 32.7 Å². The number of fused-ring (bicyclic) bond motifs is 2. The van der Waals surface area contributed by atoms with Crippen LogP contribution < -0.4 is 5.32 Å². The van der Waals surface area contributed by atoms with Crippen LogP contribution in [0.5, 0.6) is 0 Å². The maximum atomic E-state index is 13.1. The van der Waals surface area contributed by atoms with Crippen molar-refractivity contribution in [2.24, 2.45) is 0 Å². The van der Waals surface area contributed by atoms with E-state index in [0.717, 1.165) is 38.5 Å². The number of aryl methyl sites for hydroxylation is 3. The predicted octanol–water partition coefficient (Wildman–Crippen LogP) is 2.68. The maximum Gasteiger partial charge on any atom is 0.243 e. The van der Waals surface area contributed by atoms with Gasteiger partial charge in [0.05, 0.1) is 17.5 Å². The minimum absolute atomic E-state index is 0.0154. The molecule has 1 saturated heterocycles. The molecule has 0 saturated carbocycles. The smallest absolute Gasteiger partial charge is 0.243 e. The second-order valence-corrected chi connectivity index (χ2v) is 11.1. The molecule has 0 bridgehead atoms. The Hall–Kier alpha value is -2.22. The second-order valence-electron chi connectivity index (χ2n) is 9.18. The van der Waals surface area contributed by atoms with Gasteiger partial charge in [-0.1, -0.05) is 30.3 Å². The van der Waals surface area contributed by atoms with Gasteiger partial charge in [0.15, 0.2) is 0 Å². The first-order chi connectivity index (χ1) is 15.5. The van der Waals surface area contributed by atoms with Gasteiger partial charge in [-0.2, -0.15) is 4.31 Å². The lowest BCUT2D eigenvalue weighted by molar-refractivity contribution is -0.123. The van der Waals surface area contributed by atoms with Crippen molar-refractivity contribution >= 4 is 15.9 Å². The van der Waals surface area contributed by atoms with Gasteiger partial charge in [-0.3, -0.25) is 9.69 Å². The summed E-state index contributed by atoms with van der Waals surface area (Å²) >= 11 is 0. The lowest BCUT2D eigenvalue weighted by atomic mass is 9.88. The molecule has 1 aliphatic heterocycles. The van der Waals surface area contributed by atoms with Gasteiger partial charge in [0.25, 0.3) is 0 Å². The summed E-state index contributed by atoms with van der Waals surface area (Å²) in [6.45, 7) is 2.28. The highest BCUT2D eigenvalue weighted by Gasteiger charge is 2.30. The third-order valence-corrected chi connectivity index (χ3v) is 9.01. The lowest BCUT2D eigenvalue weighted by Gasteiger charge is -2.34.